The normalized spacial score (nSPS) is 11.5. The standard InChI is InChI=1S/C17H19ClN2O3S/c1-3-13-5-4-6-15(11-13)19-17(21)12-20(2)24(22,23)16-9-7-14(18)8-10-16/h4-11H,3,12H2,1-2H3,(H,19,21). The van der Waals surface area contributed by atoms with E-state index < -0.39 is 15.9 Å². The molecule has 5 nitrogen and oxygen atoms in total. The lowest BCUT2D eigenvalue weighted by Gasteiger charge is -2.17. The van der Waals surface area contributed by atoms with Gasteiger partial charge in [0.2, 0.25) is 15.9 Å². The molecule has 0 spiro atoms. The number of rotatable bonds is 6. The van der Waals surface area contributed by atoms with Gasteiger partial charge < -0.3 is 5.32 Å². The summed E-state index contributed by atoms with van der Waals surface area (Å²) in [6, 6.07) is 13.3. The van der Waals surface area contributed by atoms with E-state index in [0.717, 1.165) is 16.3 Å². The van der Waals surface area contributed by atoms with Crippen LogP contribution in [-0.4, -0.2) is 32.2 Å². The first-order valence-electron chi connectivity index (χ1n) is 7.43. The fourth-order valence-corrected chi connectivity index (χ4v) is 3.40. The van der Waals surface area contributed by atoms with Gasteiger partial charge in [-0.3, -0.25) is 4.79 Å². The molecule has 24 heavy (non-hydrogen) atoms. The van der Waals surface area contributed by atoms with Gasteiger partial charge in [0.1, 0.15) is 0 Å². The quantitative estimate of drug-likeness (QED) is 0.853. The molecule has 0 aromatic heterocycles. The van der Waals surface area contributed by atoms with Gasteiger partial charge in [-0.1, -0.05) is 30.7 Å². The van der Waals surface area contributed by atoms with Gasteiger partial charge in [-0.15, -0.1) is 0 Å². The highest BCUT2D eigenvalue weighted by Gasteiger charge is 2.22. The Morgan fingerprint density at radius 3 is 2.46 bits per heavy atom. The maximum atomic E-state index is 12.4. The molecule has 0 unspecified atom stereocenters. The van der Waals surface area contributed by atoms with E-state index in [4.69, 9.17) is 11.6 Å². The van der Waals surface area contributed by atoms with Crippen LogP contribution in [0.15, 0.2) is 53.4 Å². The van der Waals surface area contributed by atoms with Crippen LogP contribution in [0.1, 0.15) is 12.5 Å². The zero-order valence-corrected chi connectivity index (χ0v) is 15.1. The first-order chi connectivity index (χ1) is 11.3. The van der Waals surface area contributed by atoms with E-state index in [0.29, 0.717) is 10.7 Å². The number of sulfonamides is 1. The number of hydrogen-bond donors (Lipinski definition) is 1. The summed E-state index contributed by atoms with van der Waals surface area (Å²) in [5, 5.41) is 3.16. The maximum Gasteiger partial charge on any atom is 0.243 e. The van der Waals surface area contributed by atoms with E-state index in [-0.39, 0.29) is 11.4 Å². The van der Waals surface area contributed by atoms with Crippen LogP contribution in [0.3, 0.4) is 0 Å². The molecule has 0 saturated heterocycles. The summed E-state index contributed by atoms with van der Waals surface area (Å²) in [6.45, 7) is 1.74. The molecule has 0 aliphatic rings. The zero-order valence-electron chi connectivity index (χ0n) is 13.5. The number of anilines is 1. The number of benzene rings is 2. The number of amides is 1. The average molecular weight is 367 g/mol. The maximum absolute atomic E-state index is 12.4. The Labute approximate surface area is 147 Å². The number of carbonyl (C=O) groups is 1. The molecular formula is C17H19ClN2O3S. The Hall–Kier alpha value is -1.89. The summed E-state index contributed by atoms with van der Waals surface area (Å²) in [4.78, 5) is 12.2. The van der Waals surface area contributed by atoms with Crippen molar-refractivity contribution in [3.63, 3.8) is 0 Å². The molecular weight excluding hydrogens is 348 g/mol. The zero-order chi connectivity index (χ0) is 17.7. The molecule has 0 saturated carbocycles. The van der Waals surface area contributed by atoms with Gasteiger partial charge in [0.15, 0.2) is 0 Å². The molecule has 128 valence electrons. The van der Waals surface area contributed by atoms with Crippen molar-refractivity contribution in [3.8, 4) is 0 Å². The van der Waals surface area contributed by atoms with Crippen molar-refractivity contribution in [2.75, 3.05) is 18.9 Å². The number of likely N-dealkylation sites (N-methyl/N-ethyl adjacent to an activating group) is 1. The van der Waals surface area contributed by atoms with Crippen LogP contribution < -0.4 is 5.32 Å². The second-order valence-electron chi connectivity index (χ2n) is 5.32. The number of aryl methyl sites for hydroxylation is 1. The minimum absolute atomic E-state index is 0.0928. The van der Waals surface area contributed by atoms with Gasteiger partial charge in [-0.25, -0.2) is 8.42 Å². The van der Waals surface area contributed by atoms with E-state index in [1.165, 1.54) is 31.3 Å². The molecule has 0 aliphatic heterocycles. The van der Waals surface area contributed by atoms with E-state index in [9.17, 15) is 13.2 Å². The molecule has 0 atom stereocenters. The second kappa shape index (κ2) is 7.79. The third kappa shape index (κ3) is 4.56. The lowest BCUT2D eigenvalue weighted by atomic mass is 10.1. The molecule has 0 heterocycles. The number of halogens is 1. The van der Waals surface area contributed by atoms with Crippen LogP contribution in [0, 0.1) is 0 Å². The second-order valence-corrected chi connectivity index (χ2v) is 7.80. The SMILES string of the molecule is CCc1cccc(NC(=O)CN(C)S(=O)(=O)c2ccc(Cl)cc2)c1. The van der Waals surface area contributed by atoms with Crippen molar-refractivity contribution >= 4 is 33.2 Å². The summed E-state index contributed by atoms with van der Waals surface area (Å²) in [7, 11) is -2.38. The topological polar surface area (TPSA) is 66.5 Å². The third-order valence-electron chi connectivity index (χ3n) is 3.51. The highest BCUT2D eigenvalue weighted by atomic mass is 35.5. The van der Waals surface area contributed by atoms with Gasteiger partial charge in [-0.2, -0.15) is 4.31 Å². The first-order valence-corrected chi connectivity index (χ1v) is 9.25. The Kier molecular flexibility index (Phi) is 5.99. The van der Waals surface area contributed by atoms with Crippen molar-refractivity contribution in [2.45, 2.75) is 18.2 Å². The highest BCUT2D eigenvalue weighted by molar-refractivity contribution is 7.89. The Balaban J connectivity index is 2.06. The van der Waals surface area contributed by atoms with Crippen LogP contribution in [-0.2, 0) is 21.2 Å². The Bertz CT molecular complexity index is 820. The molecule has 7 heteroatoms. The minimum atomic E-state index is -3.74. The van der Waals surface area contributed by atoms with Crippen LogP contribution >= 0.6 is 11.6 Å². The van der Waals surface area contributed by atoms with Crippen molar-refractivity contribution in [1.82, 2.24) is 4.31 Å². The molecule has 2 aromatic carbocycles. The van der Waals surface area contributed by atoms with Gasteiger partial charge in [0, 0.05) is 17.8 Å². The van der Waals surface area contributed by atoms with Crippen molar-refractivity contribution < 1.29 is 13.2 Å². The van der Waals surface area contributed by atoms with Crippen molar-refractivity contribution in [3.05, 3.63) is 59.1 Å². The predicted molar refractivity (Wildman–Crippen MR) is 95.7 cm³/mol. The highest BCUT2D eigenvalue weighted by Crippen LogP contribution is 2.17. The molecule has 0 radical (unpaired) electrons. The Morgan fingerprint density at radius 1 is 1.17 bits per heavy atom. The largest absolute Gasteiger partial charge is 0.325 e. The van der Waals surface area contributed by atoms with Crippen LogP contribution in [0.25, 0.3) is 0 Å². The summed E-state index contributed by atoms with van der Waals surface area (Å²) >= 11 is 5.77. The van der Waals surface area contributed by atoms with Crippen LogP contribution in [0.4, 0.5) is 5.69 Å². The number of carbonyl (C=O) groups excluding carboxylic acids is 1. The van der Waals surface area contributed by atoms with Gasteiger partial charge in [-0.05, 0) is 48.4 Å². The number of nitrogens with zero attached hydrogens (tertiary/aromatic N) is 1. The summed E-state index contributed by atoms with van der Waals surface area (Å²) in [5.74, 6) is -0.400. The number of nitrogens with one attached hydrogen (secondary N) is 1. The molecule has 1 N–H and O–H groups in total. The van der Waals surface area contributed by atoms with Gasteiger partial charge in [0.25, 0.3) is 0 Å². The van der Waals surface area contributed by atoms with Crippen LogP contribution in [0.5, 0.6) is 0 Å². The molecule has 2 aromatic rings. The fraction of sp³-hybridized carbons (Fsp3) is 0.235. The van der Waals surface area contributed by atoms with Crippen molar-refractivity contribution in [2.24, 2.45) is 0 Å². The monoisotopic (exact) mass is 366 g/mol. The molecule has 0 fully saturated rings. The fourth-order valence-electron chi connectivity index (χ4n) is 2.14. The molecule has 1 amide bonds. The lowest BCUT2D eigenvalue weighted by molar-refractivity contribution is -0.116. The lowest BCUT2D eigenvalue weighted by Crippen LogP contribution is -2.34. The van der Waals surface area contributed by atoms with Crippen molar-refractivity contribution in [1.29, 1.82) is 0 Å². The van der Waals surface area contributed by atoms with Gasteiger partial charge >= 0.3 is 0 Å². The van der Waals surface area contributed by atoms with Gasteiger partial charge in [0.05, 0.1) is 11.4 Å². The smallest absolute Gasteiger partial charge is 0.243 e. The summed E-state index contributed by atoms with van der Waals surface area (Å²) < 4.78 is 25.9. The predicted octanol–water partition coefficient (Wildman–Crippen LogP) is 3.16. The Morgan fingerprint density at radius 2 is 1.83 bits per heavy atom. The van der Waals surface area contributed by atoms with E-state index >= 15 is 0 Å². The number of hydrogen-bond acceptors (Lipinski definition) is 3. The first kappa shape index (κ1) is 18.4. The van der Waals surface area contributed by atoms with E-state index in [2.05, 4.69) is 5.32 Å². The molecule has 2 rings (SSSR count). The van der Waals surface area contributed by atoms with Crippen LogP contribution in [0.2, 0.25) is 5.02 Å². The van der Waals surface area contributed by atoms with E-state index in [1.54, 1.807) is 6.07 Å². The third-order valence-corrected chi connectivity index (χ3v) is 5.58. The summed E-state index contributed by atoms with van der Waals surface area (Å²) in [5.41, 5.74) is 1.74. The minimum Gasteiger partial charge on any atom is -0.325 e. The molecule has 0 aliphatic carbocycles. The summed E-state index contributed by atoms with van der Waals surface area (Å²) in [6.07, 6.45) is 0.856. The van der Waals surface area contributed by atoms with E-state index in [1.807, 2.05) is 25.1 Å². The average Bonchev–Trinajstić information content (AvgIpc) is 2.55. The molecule has 0 bridgehead atoms.